The number of rotatable bonds is 6. The van der Waals surface area contributed by atoms with Crippen molar-refractivity contribution >= 4 is 21.7 Å². The molecule has 1 rings (SSSR count). The molecular formula is C11H18BrN3O2. The van der Waals surface area contributed by atoms with Crippen molar-refractivity contribution in [1.29, 1.82) is 0 Å². The van der Waals surface area contributed by atoms with Crippen molar-refractivity contribution in [3.05, 3.63) is 21.2 Å². The molecule has 0 amide bonds. The molecule has 6 heteroatoms. The van der Waals surface area contributed by atoms with Crippen LogP contribution in [0.5, 0.6) is 0 Å². The molecule has 0 saturated heterocycles. The number of nitrogens with one attached hydrogen (secondary N) is 2. The van der Waals surface area contributed by atoms with Crippen LogP contribution in [-0.4, -0.2) is 30.2 Å². The lowest BCUT2D eigenvalue weighted by Gasteiger charge is -2.24. The first-order valence-corrected chi connectivity index (χ1v) is 6.21. The van der Waals surface area contributed by atoms with Crippen LogP contribution in [0.1, 0.15) is 20.3 Å². The first-order valence-electron chi connectivity index (χ1n) is 5.42. The average Bonchev–Trinajstić information content (AvgIpc) is 2.29. The Kier molecular flexibility index (Phi) is 5.14. The Morgan fingerprint density at radius 1 is 1.59 bits per heavy atom. The van der Waals surface area contributed by atoms with Gasteiger partial charge < -0.3 is 15.0 Å². The van der Waals surface area contributed by atoms with Crippen molar-refractivity contribution in [3.8, 4) is 0 Å². The summed E-state index contributed by atoms with van der Waals surface area (Å²) in [5.74, 6) is 0.569. The molecular weight excluding hydrogens is 286 g/mol. The lowest BCUT2D eigenvalue weighted by molar-refractivity contribution is 0.157. The van der Waals surface area contributed by atoms with Crippen molar-refractivity contribution in [2.24, 2.45) is 5.41 Å². The second-order valence-corrected chi connectivity index (χ2v) is 5.45. The van der Waals surface area contributed by atoms with Crippen LogP contribution in [-0.2, 0) is 4.74 Å². The molecule has 0 aliphatic heterocycles. The number of hydrogen-bond acceptors (Lipinski definition) is 4. The minimum atomic E-state index is -0.183. The van der Waals surface area contributed by atoms with Crippen LogP contribution >= 0.6 is 15.9 Å². The topological polar surface area (TPSA) is 67.0 Å². The summed E-state index contributed by atoms with van der Waals surface area (Å²) in [6, 6.07) is 0. The zero-order valence-electron chi connectivity index (χ0n) is 10.3. The van der Waals surface area contributed by atoms with Crippen LogP contribution in [0.4, 0.5) is 5.82 Å². The van der Waals surface area contributed by atoms with Gasteiger partial charge in [0.1, 0.15) is 10.3 Å². The quantitative estimate of drug-likeness (QED) is 0.843. The summed E-state index contributed by atoms with van der Waals surface area (Å²) in [4.78, 5) is 17.9. The standard InChI is InChI=1S/C11H18BrN3O2/c1-11(2,4-5-17-3)6-13-9-8(12)10(16)15-7-14-9/h7H,4-6H2,1-3H3,(H2,13,14,15,16). The maximum Gasteiger partial charge on any atom is 0.267 e. The largest absolute Gasteiger partial charge is 0.385 e. The van der Waals surface area contributed by atoms with Gasteiger partial charge in [-0.1, -0.05) is 13.8 Å². The summed E-state index contributed by atoms with van der Waals surface area (Å²) in [6.45, 7) is 5.73. The zero-order valence-corrected chi connectivity index (χ0v) is 11.9. The van der Waals surface area contributed by atoms with Crippen LogP contribution in [0.2, 0.25) is 0 Å². The third-order valence-corrected chi connectivity index (χ3v) is 3.25. The molecule has 1 aromatic heterocycles. The lowest BCUT2D eigenvalue weighted by atomic mass is 9.90. The fourth-order valence-electron chi connectivity index (χ4n) is 1.30. The fraction of sp³-hybridized carbons (Fsp3) is 0.636. The van der Waals surface area contributed by atoms with Crippen molar-refractivity contribution in [1.82, 2.24) is 9.97 Å². The average molecular weight is 304 g/mol. The van der Waals surface area contributed by atoms with Crippen LogP contribution in [0.25, 0.3) is 0 Å². The molecule has 0 aliphatic carbocycles. The third kappa shape index (κ3) is 4.47. The van der Waals surface area contributed by atoms with Gasteiger partial charge in [0.05, 0.1) is 6.33 Å². The van der Waals surface area contributed by atoms with Crippen molar-refractivity contribution < 1.29 is 4.74 Å². The summed E-state index contributed by atoms with van der Waals surface area (Å²) in [5, 5.41) is 3.17. The number of ether oxygens (including phenoxy) is 1. The van der Waals surface area contributed by atoms with Gasteiger partial charge in [0.25, 0.3) is 5.56 Å². The van der Waals surface area contributed by atoms with E-state index in [9.17, 15) is 4.79 Å². The van der Waals surface area contributed by atoms with E-state index < -0.39 is 0 Å². The van der Waals surface area contributed by atoms with Gasteiger partial charge in [-0.2, -0.15) is 0 Å². The number of H-pyrrole nitrogens is 1. The molecule has 0 spiro atoms. The summed E-state index contributed by atoms with van der Waals surface area (Å²) in [6.07, 6.45) is 2.33. The number of anilines is 1. The van der Waals surface area contributed by atoms with E-state index in [-0.39, 0.29) is 11.0 Å². The van der Waals surface area contributed by atoms with E-state index in [1.54, 1.807) is 7.11 Å². The van der Waals surface area contributed by atoms with Gasteiger partial charge in [0.15, 0.2) is 0 Å². The van der Waals surface area contributed by atoms with Gasteiger partial charge in [-0.3, -0.25) is 4.79 Å². The second kappa shape index (κ2) is 6.16. The molecule has 0 atom stereocenters. The molecule has 0 aromatic carbocycles. The van der Waals surface area contributed by atoms with Crippen molar-refractivity contribution in [2.75, 3.05) is 25.6 Å². The van der Waals surface area contributed by atoms with E-state index in [1.807, 2.05) is 0 Å². The molecule has 0 aliphatic rings. The fourth-order valence-corrected chi connectivity index (χ4v) is 1.65. The number of halogens is 1. The lowest BCUT2D eigenvalue weighted by Crippen LogP contribution is -2.26. The normalized spacial score (nSPS) is 11.5. The Labute approximate surface area is 109 Å². The molecule has 5 nitrogen and oxygen atoms in total. The number of aromatic nitrogens is 2. The van der Waals surface area contributed by atoms with Crippen LogP contribution in [0.3, 0.4) is 0 Å². The molecule has 0 bridgehead atoms. The molecule has 0 radical (unpaired) electrons. The summed E-state index contributed by atoms with van der Waals surface area (Å²) >= 11 is 3.21. The third-order valence-electron chi connectivity index (χ3n) is 2.51. The van der Waals surface area contributed by atoms with Gasteiger partial charge in [0, 0.05) is 20.3 Å². The molecule has 1 heterocycles. The van der Waals surface area contributed by atoms with Crippen molar-refractivity contribution in [3.63, 3.8) is 0 Å². The number of aromatic amines is 1. The highest BCUT2D eigenvalue weighted by Gasteiger charge is 2.18. The van der Waals surface area contributed by atoms with E-state index in [0.29, 0.717) is 10.3 Å². The first-order chi connectivity index (χ1) is 7.96. The number of nitrogens with zero attached hydrogens (tertiary/aromatic N) is 1. The maximum atomic E-state index is 11.3. The van der Waals surface area contributed by atoms with Crippen LogP contribution < -0.4 is 10.9 Å². The number of methoxy groups -OCH3 is 1. The predicted molar refractivity (Wildman–Crippen MR) is 71.3 cm³/mol. The number of hydrogen-bond donors (Lipinski definition) is 2. The van der Waals surface area contributed by atoms with Crippen molar-refractivity contribution in [2.45, 2.75) is 20.3 Å². The van der Waals surface area contributed by atoms with E-state index in [1.165, 1.54) is 6.33 Å². The summed E-state index contributed by atoms with van der Waals surface area (Å²) in [7, 11) is 1.69. The first kappa shape index (κ1) is 14.2. The highest BCUT2D eigenvalue weighted by atomic mass is 79.9. The van der Waals surface area contributed by atoms with E-state index in [4.69, 9.17) is 4.74 Å². The molecule has 2 N–H and O–H groups in total. The zero-order chi connectivity index (χ0) is 12.9. The monoisotopic (exact) mass is 303 g/mol. The van der Waals surface area contributed by atoms with Gasteiger partial charge in [-0.05, 0) is 27.8 Å². The smallest absolute Gasteiger partial charge is 0.267 e. The molecule has 1 aromatic rings. The second-order valence-electron chi connectivity index (χ2n) is 4.65. The van der Waals surface area contributed by atoms with Crippen LogP contribution in [0.15, 0.2) is 15.6 Å². The SMILES string of the molecule is COCCC(C)(C)CNc1nc[nH]c(=O)c1Br. The van der Waals surface area contributed by atoms with Gasteiger partial charge in [-0.15, -0.1) is 0 Å². The minimum absolute atomic E-state index is 0.0831. The Bertz CT molecular complexity index is 417. The predicted octanol–water partition coefficient (Wildman–Crippen LogP) is 2.01. The Morgan fingerprint density at radius 2 is 2.29 bits per heavy atom. The Hall–Kier alpha value is -0.880. The summed E-state index contributed by atoms with van der Waals surface area (Å²) < 4.78 is 5.50. The molecule has 0 fully saturated rings. The maximum absolute atomic E-state index is 11.3. The van der Waals surface area contributed by atoms with Gasteiger partial charge in [-0.25, -0.2) is 4.98 Å². The molecule has 0 unspecified atom stereocenters. The molecule has 0 saturated carbocycles. The minimum Gasteiger partial charge on any atom is -0.385 e. The van der Waals surface area contributed by atoms with Gasteiger partial charge in [0.2, 0.25) is 0 Å². The summed E-state index contributed by atoms with van der Waals surface area (Å²) in [5.41, 5.74) is -0.100. The molecule has 17 heavy (non-hydrogen) atoms. The van der Waals surface area contributed by atoms with Gasteiger partial charge >= 0.3 is 0 Å². The van der Waals surface area contributed by atoms with E-state index in [0.717, 1.165) is 19.6 Å². The highest BCUT2D eigenvalue weighted by Crippen LogP contribution is 2.22. The van der Waals surface area contributed by atoms with Crippen LogP contribution in [0, 0.1) is 5.41 Å². The Balaban J connectivity index is 2.61. The Morgan fingerprint density at radius 3 is 2.94 bits per heavy atom. The van der Waals surface area contributed by atoms with E-state index >= 15 is 0 Å². The highest BCUT2D eigenvalue weighted by molar-refractivity contribution is 9.10. The molecule has 96 valence electrons. The van der Waals surface area contributed by atoms with E-state index in [2.05, 4.69) is 45.1 Å².